The first-order valence-corrected chi connectivity index (χ1v) is 4.54. The fourth-order valence-electron chi connectivity index (χ4n) is 1.12. The highest BCUT2D eigenvalue weighted by Crippen LogP contribution is 2.21. The molecule has 1 rings (SSSR count). The molecule has 1 nitrogen and oxygen atoms in total. The van der Waals surface area contributed by atoms with Crippen LogP contribution in [0.3, 0.4) is 0 Å². The van der Waals surface area contributed by atoms with Crippen LogP contribution in [-0.4, -0.2) is 22.1 Å². The molecule has 0 aromatic heterocycles. The van der Waals surface area contributed by atoms with E-state index < -0.39 is 0 Å². The van der Waals surface area contributed by atoms with Gasteiger partial charge in [-0.1, -0.05) is 6.08 Å². The summed E-state index contributed by atoms with van der Waals surface area (Å²) in [6, 6.07) is 0. The first-order chi connectivity index (χ1) is 4.27. The van der Waals surface area contributed by atoms with Crippen LogP contribution in [0.2, 0.25) is 0 Å². The van der Waals surface area contributed by atoms with E-state index >= 15 is 0 Å². The lowest BCUT2D eigenvalue weighted by atomic mass is 10.1. The lowest BCUT2D eigenvalue weighted by Crippen LogP contribution is -2.34. The smallest absolute Gasteiger partial charge is 0.0653 e. The van der Waals surface area contributed by atoms with Crippen LogP contribution in [0.1, 0.15) is 19.3 Å². The van der Waals surface area contributed by atoms with Crippen molar-refractivity contribution < 1.29 is 4.74 Å². The molecule has 52 valence electrons. The topological polar surface area (TPSA) is 9.23 Å². The summed E-state index contributed by atoms with van der Waals surface area (Å²) in [5.41, 5.74) is 0. The highest BCUT2D eigenvalue weighted by Gasteiger charge is 2.22. The second kappa shape index (κ2) is 2.67. The standard InChI is InChI=1S/C7H14OSi/c1-2-7(9)5-3-4-6-8-7/h2H,1,3-6H2,9H3. The Morgan fingerprint density at radius 1 is 1.56 bits per heavy atom. The van der Waals surface area contributed by atoms with Gasteiger partial charge in [-0.25, -0.2) is 0 Å². The van der Waals surface area contributed by atoms with E-state index in [4.69, 9.17) is 4.74 Å². The molecule has 0 N–H and O–H groups in total. The highest BCUT2D eigenvalue weighted by atomic mass is 28.1. The molecule has 1 atom stereocenters. The Labute approximate surface area is 59.5 Å². The van der Waals surface area contributed by atoms with Gasteiger partial charge < -0.3 is 4.74 Å². The first kappa shape index (κ1) is 7.03. The Morgan fingerprint density at radius 2 is 2.33 bits per heavy atom. The van der Waals surface area contributed by atoms with Gasteiger partial charge in [-0.05, 0) is 19.3 Å². The van der Waals surface area contributed by atoms with E-state index in [0.29, 0.717) is 0 Å². The molecular formula is C7H14OSi. The van der Waals surface area contributed by atoms with Crippen LogP contribution in [0.25, 0.3) is 0 Å². The minimum atomic E-state index is 0.123. The Kier molecular flexibility index (Phi) is 2.08. The molecular weight excluding hydrogens is 128 g/mol. The molecule has 0 aromatic carbocycles. The van der Waals surface area contributed by atoms with E-state index in [1.165, 1.54) is 19.3 Å². The van der Waals surface area contributed by atoms with E-state index in [-0.39, 0.29) is 5.22 Å². The van der Waals surface area contributed by atoms with Crippen LogP contribution in [0.5, 0.6) is 0 Å². The zero-order chi connectivity index (χ0) is 6.74. The number of rotatable bonds is 1. The molecule has 1 heterocycles. The van der Waals surface area contributed by atoms with Crippen molar-refractivity contribution >= 4 is 10.2 Å². The van der Waals surface area contributed by atoms with E-state index in [1.54, 1.807) is 0 Å². The monoisotopic (exact) mass is 142 g/mol. The average molecular weight is 142 g/mol. The third kappa shape index (κ3) is 1.66. The molecule has 0 spiro atoms. The summed E-state index contributed by atoms with van der Waals surface area (Å²) < 4.78 is 5.56. The minimum absolute atomic E-state index is 0.123. The largest absolute Gasteiger partial charge is 0.376 e. The minimum Gasteiger partial charge on any atom is -0.376 e. The van der Waals surface area contributed by atoms with Gasteiger partial charge in [0, 0.05) is 16.8 Å². The van der Waals surface area contributed by atoms with Crippen LogP contribution < -0.4 is 0 Å². The zero-order valence-electron chi connectivity index (χ0n) is 6.02. The molecule has 2 heteroatoms. The van der Waals surface area contributed by atoms with Crippen molar-refractivity contribution in [3.05, 3.63) is 12.7 Å². The van der Waals surface area contributed by atoms with E-state index in [0.717, 1.165) is 16.8 Å². The molecule has 1 fully saturated rings. The van der Waals surface area contributed by atoms with Gasteiger partial charge in [0.05, 0.1) is 5.22 Å². The Hall–Kier alpha value is -0.0831. The third-order valence-corrected chi connectivity index (χ3v) is 3.13. The van der Waals surface area contributed by atoms with Gasteiger partial charge in [0.25, 0.3) is 0 Å². The SMILES string of the molecule is C=CC1([SiH3])CCCCO1. The fraction of sp³-hybridized carbons (Fsp3) is 0.714. The second-order valence-electron chi connectivity index (χ2n) is 2.82. The van der Waals surface area contributed by atoms with Gasteiger partial charge in [0.2, 0.25) is 0 Å². The predicted octanol–water partition coefficient (Wildman–Crippen LogP) is 0.435. The van der Waals surface area contributed by atoms with Gasteiger partial charge in [-0.3, -0.25) is 0 Å². The summed E-state index contributed by atoms with van der Waals surface area (Å²) in [5, 5.41) is 0.123. The molecule has 0 amide bonds. The fourth-order valence-corrected chi connectivity index (χ4v) is 1.67. The summed E-state index contributed by atoms with van der Waals surface area (Å²) in [4.78, 5) is 0. The molecule has 0 bridgehead atoms. The van der Waals surface area contributed by atoms with Crippen LogP contribution in [-0.2, 0) is 4.74 Å². The van der Waals surface area contributed by atoms with Crippen molar-refractivity contribution in [1.82, 2.24) is 0 Å². The van der Waals surface area contributed by atoms with Crippen molar-refractivity contribution in [2.24, 2.45) is 0 Å². The number of hydrogen-bond donors (Lipinski definition) is 0. The maximum absolute atomic E-state index is 5.56. The lowest BCUT2D eigenvalue weighted by molar-refractivity contribution is 0.0156. The molecule has 9 heavy (non-hydrogen) atoms. The molecule has 0 aliphatic carbocycles. The van der Waals surface area contributed by atoms with Gasteiger partial charge in [-0.2, -0.15) is 0 Å². The Morgan fingerprint density at radius 3 is 2.67 bits per heavy atom. The molecule has 0 saturated carbocycles. The summed E-state index contributed by atoms with van der Waals surface area (Å²) in [7, 11) is 1.09. The molecule has 0 aromatic rings. The normalized spacial score (nSPS) is 36.4. The molecule has 1 saturated heterocycles. The molecule has 1 aliphatic rings. The molecule has 1 aliphatic heterocycles. The third-order valence-electron chi connectivity index (χ3n) is 1.93. The summed E-state index contributed by atoms with van der Waals surface area (Å²) >= 11 is 0. The lowest BCUT2D eigenvalue weighted by Gasteiger charge is -2.30. The van der Waals surface area contributed by atoms with Crippen molar-refractivity contribution in [1.29, 1.82) is 0 Å². The van der Waals surface area contributed by atoms with E-state index in [9.17, 15) is 0 Å². The predicted molar refractivity (Wildman–Crippen MR) is 42.7 cm³/mol. The Bertz CT molecular complexity index is 105. The van der Waals surface area contributed by atoms with Crippen molar-refractivity contribution in [3.8, 4) is 0 Å². The van der Waals surface area contributed by atoms with Crippen LogP contribution in [0.4, 0.5) is 0 Å². The number of ether oxygens (including phenoxy) is 1. The summed E-state index contributed by atoms with van der Waals surface area (Å²) in [6.07, 6.45) is 5.72. The van der Waals surface area contributed by atoms with Gasteiger partial charge >= 0.3 is 0 Å². The van der Waals surface area contributed by atoms with E-state index in [1.807, 2.05) is 6.08 Å². The Balaban J connectivity index is 2.46. The second-order valence-corrected chi connectivity index (χ2v) is 4.52. The van der Waals surface area contributed by atoms with E-state index in [2.05, 4.69) is 6.58 Å². The van der Waals surface area contributed by atoms with Gasteiger partial charge in [0.15, 0.2) is 0 Å². The summed E-state index contributed by atoms with van der Waals surface area (Å²) in [6.45, 7) is 4.71. The van der Waals surface area contributed by atoms with Gasteiger partial charge in [0.1, 0.15) is 0 Å². The van der Waals surface area contributed by atoms with Gasteiger partial charge in [-0.15, -0.1) is 6.58 Å². The zero-order valence-corrected chi connectivity index (χ0v) is 8.02. The van der Waals surface area contributed by atoms with Crippen LogP contribution >= 0.6 is 0 Å². The van der Waals surface area contributed by atoms with Crippen molar-refractivity contribution in [2.75, 3.05) is 6.61 Å². The van der Waals surface area contributed by atoms with Crippen LogP contribution in [0, 0.1) is 0 Å². The summed E-state index contributed by atoms with van der Waals surface area (Å²) in [5.74, 6) is 0. The van der Waals surface area contributed by atoms with Crippen molar-refractivity contribution in [3.63, 3.8) is 0 Å². The quantitative estimate of drug-likeness (QED) is 0.381. The molecule has 0 radical (unpaired) electrons. The average Bonchev–Trinajstić information content (AvgIpc) is 1.90. The molecule has 1 unspecified atom stereocenters. The number of hydrogen-bond acceptors (Lipinski definition) is 1. The van der Waals surface area contributed by atoms with Crippen molar-refractivity contribution in [2.45, 2.75) is 24.5 Å². The maximum Gasteiger partial charge on any atom is 0.0653 e. The van der Waals surface area contributed by atoms with Crippen LogP contribution in [0.15, 0.2) is 12.7 Å². The first-order valence-electron chi connectivity index (χ1n) is 3.54. The maximum atomic E-state index is 5.56. The highest BCUT2D eigenvalue weighted by molar-refractivity contribution is 6.15.